The zero-order chi connectivity index (χ0) is 17.7. The number of nitrogens with zero attached hydrogens (tertiary/aromatic N) is 4. The monoisotopic (exact) mass is 480 g/mol. The van der Waals surface area contributed by atoms with Gasteiger partial charge in [-0.05, 0) is 39.0 Å². The van der Waals surface area contributed by atoms with Crippen LogP contribution >= 0.6 is 24.0 Å². The molecular weight excluding hydrogens is 447 g/mol. The van der Waals surface area contributed by atoms with Gasteiger partial charge >= 0.3 is 0 Å². The van der Waals surface area contributed by atoms with Crippen molar-refractivity contribution < 1.29 is 9.47 Å². The van der Waals surface area contributed by atoms with Crippen LogP contribution in [0.2, 0.25) is 0 Å². The second-order valence-corrected chi connectivity index (χ2v) is 6.14. The minimum Gasteiger partial charge on any atom is -0.381 e. The highest BCUT2D eigenvalue weighted by molar-refractivity contribution is 14.0. The van der Waals surface area contributed by atoms with E-state index >= 15 is 0 Å². The lowest BCUT2D eigenvalue weighted by Crippen LogP contribution is -2.38. The van der Waals surface area contributed by atoms with Gasteiger partial charge < -0.3 is 24.7 Å². The summed E-state index contributed by atoms with van der Waals surface area (Å²) < 4.78 is 13.1. The Bertz CT molecular complexity index is 505. The van der Waals surface area contributed by atoms with Crippen molar-refractivity contribution in [2.24, 2.45) is 10.9 Å². The van der Waals surface area contributed by atoms with Crippen LogP contribution in [0.1, 0.15) is 38.9 Å². The van der Waals surface area contributed by atoms with Gasteiger partial charge in [-0.1, -0.05) is 0 Å². The lowest BCUT2D eigenvalue weighted by molar-refractivity contribution is 0.0203. The molecule has 26 heavy (non-hydrogen) atoms. The molecule has 0 unspecified atom stereocenters. The second-order valence-electron chi connectivity index (χ2n) is 6.14. The van der Waals surface area contributed by atoms with Gasteiger partial charge in [0.25, 0.3) is 0 Å². The summed E-state index contributed by atoms with van der Waals surface area (Å²) in [5.74, 6) is 2.34. The minimum atomic E-state index is 0. The zero-order valence-corrected chi connectivity index (χ0v) is 18.3. The number of aliphatic imine (C=N–C) groups is 1. The summed E-state index contributed by atoms with van der Waals surface area (Å²) in [5, 5.41) is 14.6. The van der Waals surface area contributed by atoms with E-state index in [4.69, 9.17) is 9.47 Å². The van der Waals surface area contributed by atoms with Gasteiger partial charge in [0.2, 0.25) is 0 Å². The molecule has 2 N–H and O–H groups in total. The number of hydrogen-bond acceptors (Lipinski definition) is 5. The van der Waals surface area contributed by atoms with Crippen LogP contribution in [-0.2, 0) is 22.6 Å². The molecule has 150 valence electrons. The van der Waals surface area contributed by atoms with Crippen LogP contribution in [0, 0.1) is 5.92 Å². The summed E-state index contributed by atoms with van der Waals surface area (Å²) in [5.41, 5.74) is 0. The van der Waals surface area contributed by atoms with E-state index in [1.54, 1.807) is 6.33 Å². The van der Waals surface area contributed by atoms with Crippen LogP contribution < -0.4 is 10.6 Å². The molecule has 8 nitrogen and oxygen atoms in total. The molecule has 1 aliphatic heterocycles. The third-order valence-electron chi connectivity index (χ3n) is 4.21. The van der Waals surface area contributed by atoms with Gasteiger partial charge in [0.15, 0.2) is 11.8 Å². The van der Waals surface area contributed by atoms with E-state index in [2.05, 4.69) is 39.7 Å². The predicted molar refractivity (Wildman–Crippen MR) is 113 cm³/mol. The van der Waals surface area contributed by atoms with Crippen LogP contribution in [0.15, 0.2) is 11.3 Å². The number of ether oxygens (including phenoxy) is 2. The van der Waals surface area contributed by atoms with Crippen molar-refractivity contribution in [2.45, 2.75) is 46.2 Å². The van der Waals surface area contributed by atoms with E-state index in [1.165, 1.54) is 0 Å². The summed E-state index contributed by atoms with van der Waals surface area (Å²) in [4.78, 5) is 4.57. The summed E-state index contributed by atoms with van der Waals surface area (Å²) in [6.07, 6.45) is 4.94. The summed E-state index contributed by atoms with van der Waals surface area (Å²) >= 11 is 0. The fraction of sp³-hybridized carbons (Fsp3) is 0.824. The number of halogens is 1. The van der Waals surface area contributed by atoms with E-state index in [0.717, 1.165) is 77.1 Å². The van der Waals surface area contributed by atoms with Crippen molar-refractivity contribution in [3.8, 4) is 0 Å². The first-order chi connectivity index (χ1) is 12.3. The molecule has 1 fully saturated rings. The Morgan fingerprint density at radius 1 is 1.35 bits per heavy atom. The van der Waals surface area contributed by atoms with E-state index in [1.807, 2.05) is 4.57 Å². The minimum absolute atomic E-state index is 0. The Balaban J connectivity index is 0.00000338. The number of nitrogens with one attached hydrogen (secondary N) is 2. The molecule has 9 heteroatoms. The first-order valence-corrected chi connectivity index (χ1v) is 9.37. The maximum absolute atomic E-state index is 5.79. The van der Waals surface area contributed by atoms with Gasteiger partial charge in [-0.25, -0.2) is 4.99 Å². The summed E-state index contributed by atoms with van der Waals surface area (Å²) in [6, 6.07) is 0. The number of guanidine groups is 1. The van der Waals surface area contributed by atoms with Gasteiger partial charge in [-0.3, -0.25) is 0 Å². The van der Waals surface area contributed by atoms with Crippen molar-refractivity contribution in [3.63, 3.8) is 0 Å². The van der Waals surface area contributed by atoms with Crippen molar-refractivity contribution in [3.05, 3.63) is 12.2 Å². The van der Waals surface area contributed by atoms with Crippen molar-refractivity contribution in [1.29, 1.82) is 0 Å². The number of hydrogen-bond donors (Lipinski definition) is 2. The van der Waals surface area contributed by atoms with Gasteiger partial charge in [-0.15, -0.1) is 34.2 Å². The predicted octanol–water partition coefficient (Wildman–Crippen LogP) is 1.80. The maximum Gasteiger partial charge on any atom is 0.191 e. The Hall–Kier alpha value is -0.940. The van der Waals surface area contributed by atoms with Crippen LogP contribution in [0.25, 0.3) is 0 Å². The average Bonchev–Trinajstić information content (AvgIpc) is 3.11. The largest absolute Gasteiger partial charge is 0.381 e. The topological polar surface area (TPSA) is 85.6 Å². The summed E-state index contributed by atoms with van der Waals surface area (Å²) in [7, 11) is 0. The molecule has 0 spiro atoms. The van der Waals surface area contributed by atoms with Crippen molar-refractivity contribution >= 4 is 29.9 Å². The van der Waals surface area contributed by atoms with E-state index in [-0.39, 0.29) is 24.0 Å². The van der Waals surface area contributed by atoms with Crippen LogP contribution in [0.3, 0.4) is 0 Å². The first kappa shape index (κ1) is 23.1. The molecule has 1 aliphatic rings. The molecule has 0 aliphatic carbocycles. The van der Waals surface area contributed by atoms with Gasteiger partial charge in [0.05, 0.1) is 0 Å². The highest BCUT2D eigenvalue weighted by Crippen LogP contribution is 2.14. The Morgan fingerprint density at radius 3 is 2.88 bits per heavy atom. The molecule has 0 saturated carbocycles. The van der Waals surface area contributed by atoms with Crippen LogP contribution in [0.5, 0.6) is 0 Å². The lowest BCUT2D eigenvalue weighted by atomic mass is 10.0. The third-order valence-corrected chi connectivity index (χ3v) is 4.21. The standard InChI is InChI=1S/C17H32N6O2.HI/c1-3-18-17(20-12-16-22-21-14-23(16)4-2)19-8-5-9-25-13-15-6-10-24-11-7-15;/h14-15H,3-13H2,1-2H3,(H2,18,19,20);1H. The first-order valence-electron chi connectivity index (χ1n) is 9.37. The normalized spacial score (nSPS) is 15.5. The molecule has 0 amide bonds. The fourth-order valence-electron chi connectivity index (χ4n) is 2.70. The van der Waals surface area contributed by atoms with Crippen LogP contribution in [-0.4, -0.2) is 60.2 Å². The highest BCUT2D eigenvalue weighted by Gasteiger charge is 2.13. The Morgan fingerprint density at radius 2 is 2.15 bits per heavy atom. The second kappa shape index (κ2) is 14.2. The van der Waals surface area contributed by atoms with Gasteiger partial charge in [0.1, 0.15) is 12.9 Å². The quantitative estimate of drug-likeness (QED) is 0.230. The average molecular weight is 480 g/mol. The Kier molecular flexibility index (Phi) is 12.6. The Labute approximate surface area is 173 Å². The maximum atomic E-state index is 5.79. The van der Waals surface area contributed by atoms with Gasteiger partial charge in [0, 0.05) is 46.1 Å². The van der Waals surface area contributed by atoms with E-state index in [0.29, 0.717) is 12.5 Å². The SMILES string of the molecule is CCNC(=NCc1nncn1CC)NCCCOCC1CCOCC1.I. The lowest BCUT2D eigenvalue weighted by Gasteiger charge is -2.21. The molecular formula is C17H33IN6O2. The molecule has 0 bridgehead atoms. The van der Waals surface area contributed by atoms with E-state index < -0.39 is 0 Å². The smallest absolute Gasteiger partial charge is 0.191 e. The summed E-state index contributed by atoms with van der Waals surface area (Å²) in [6.45, 7) is 10.5. The highest BCUT2D eigenvalue weighted by atomic mass is 127. The van der Waals surface area contributed by atoms with Crippen molar-refractivity contribution in [1.82, 2.24) is 25.4 Å². The molecule has 1 aromatic heterocycles. The molecule has 2 rings (SSSR count). The molecule has 0 atom stereocenters. The molecule has 1 saturated heterocycles. The number of aromatic nitrogens is 3. The molecule has 0 radical (unpaired) electrons. The number of rotatable bonds is 10. The number of aryl methyl sites for hydroxylation is 1. The van der Waals surface area contributed by atoms with Gasteiger partial charge in [-0.2, -0.15) is 0 Å². The zero-order valence-electron chi connectivity index (χ0n) is 15.9. The van der Waals surface area contributed by atoms with Crippen molar-refractivity contribution in [2.75, 3.05) is 39.5 Å². The fourth-order valence-corrected chi connectivity index (χ4v) is 2.70. The van der Waals surface area contributed by atoms with E-state index in [9.17, 15) is 0 Å². The molecule has 0 aromatic carbocycles. The molecule has 1 aromatic rings. The molecule has 2 heterocycles. The van der Waals surface area contributed by atoms with Crippen LogP contribution in [0.4, 0.5) is 0 Å². The third kappa shape index (κ3) is 8.63.